The molecule has 18 heavy (non-hydrogen) atoms. The normalized spacial score (nSPS) is 11.2. The Morgan fingerprint density at radius 1 is 1.00 bits per heavy atom. The summed E-state index contributed by atoms with van der Waals surface area (Å²) in [5, 5.41) is 14.8. The molecule has 0 aliphatic carbocycles. The van der Waals surface area contributed by atoms with E-state index in [1.54, 1.807) is 0 Å². The Morgan fingerprint density at radius 3 is 1.89 bits per heavy atom. The molecule has 102 valence electrons. The van der Waals surface area contributed by atoms with Crippen molar-refractivity contribution in [3.63, 3.8) is 0 Å². The fourth-order valence-electron chi connectivity index (χ4n) is 0.806. The van der Waals surface area contributed by atoms with Gasteiger partial charge in [-0.2, -0.15) is 0 Å². The van der Waals surface area contributed by atoms with Crippen LogP contribution in [-0.4, -0.2) is 54.5 Å². The van der Waals surface area contributed by atoms with Crippen molar-refractivity contribution in [3.8, 4) is 0 Å². The molecular formula is C9H16N4O5. The molecule has 6 N–H and O–H groups in total. The first-order valence-corrected chi connectivity index (χ1v) is 5.11. The number of rotatable bonds is 7. The molecule has 0 heterocycles. The van der Waals surface area contributed by atoms with Crippen LogP contribution in [0, 0.1) is 0 Å². The molecule has 9 nitrogen and oxygen atoms in total. The van der Waals surface area contributed by atoms with Crippen molar-refractivity contribution in [1.82, 2.24) is 16.0 Å². The van der Waals surface area contributed by atoms with Gasteiger partial charge in [-0.25, -0.2) is 0 Å². The summed E-state index contributed by atoms with van der Waals surface area (Å²) >= 11 is 0. The van der Waals surface area contributed by atoms with Gasteiger partial charge in [-0.05, 0) is 6.92 Å². The molecule has 1 unspecified atom stereocenters. The zero-order chi connectivity index (χ0) is 14.1. The SMILES string of the molecule is CC(N)C(=O)NCC(=O)NCC(=O)NCC(=O)O. The van der Waals surface area contributed by atoms with Gasteiger partial charge in [0.25, 0.3) is 0 Å². The lowest BCUT2D eigenvalue weighted by Crippen LogP contribution is -2.45. The fraction of sp³-hybridized carbons (Fsp3) is 0.556. The van der Waals surface area contributed by atoms with Crippen LogP contribution in [0.25, 0.3) is 0 Å². The molecule has 9 heteroatoms. The van der Waals surface area contributed by atoms with Crippen molar-refractivity contribution in [1.29, 1.82) is 0 Å². The summed E-state index contributed by atoms with van der Waals surface area (Å²) in [5.74, 6) is -2.88. The van der Waals surface area contributed by atoms with Crippen molar-refractivity contribution in [2.45, 2.75) is 13.0 Å². The second-order valence-corrected chi connectivity index (χ2v) is 3.45. The van der Waals surface area contributed by atoms with E-state index in [0.29, 0.717) is 0 Å². The quantitative estimate of drug-likeness (QED) is 0.324. The van der Waals surface area contributed by atoms with E-state index >= 15 is 0 Å². The van der Waals surface area contributed by atoms with Crippen molar-refractivity contribution in [2.75, 3.05) is 19.6 Å². The van der Waals surface area contributed by atoms with Crippen LogP contribution < -0.4 is 21.7 Å². The number of carbonyl (C=O) groups is 4. The monoisotopic (exact) mass is 260 g/mol. The van der Waals surface area contributed by atoms with Gasteiger partial charge in [-0.15, -0.1) is 0 Å². The van der Waals surface area contributed by atoms with Gasteiger partial charge in [0.15, 0.2) is 0 Å². The zero-order valence-corrected chi connectivity index (χ0v) is 9.86. The standard InChI is InChI=1S/C9H16N4O5/c1-5(10)9(18)13-3-7(15)11-2-6(14)12-4-8(16)17/h5H,2-4,10H2,1H3,(H,11,15)(H,12,14)(H,13,18)(H,16,17). The minimum absolute atomic E-state index is 0.299. The zero-order valence-electron chi connectivity index (χ0n) is 9.86. The Hall–Kier alpha value is -2.16. The van der Waals surface area contributed by atoms with Gasteiger partial charge in [0.2, 0.25) is 17.7 Å². The maximum atomic E-state index is 11.1. The van der Waals surface area contributed by atoms with Crippen LogP contribution in [0.5, 0.6) is 0 Å². The minimum atomic E-state index is -1.18. The molecule has 3 amide bonds. The van der Waals surface area contributed by atoms with Gasteiger partial charge in [-0.3, -0.25) is 19.2 Å². The summed E-state index contributed by atoms with van der Waals surface area (Å²) in [6, 6.07) is -0.725. The molecule has 0 aromatic carbocycles. The number of carboxylic acid groups (broad SMARTS) is 1. The first-order chi connectivity index (χ1) is 8.32. The molecule has 0 spiro atoms. The Morgan fingerprint density at radius 2 is 1.44 bits per heavy atom. The number of hydrogen-bond acceptors (Lipinski definition) is 5. The van der Waals surface area contributed by atoms with E-state index in [1.165, 1.54) is 6.92 Å². The molecule has 0 aromatic heterocycles. The number of hydrogen-bond donors (Lipinski definition) is 5. The van der Waals surface area contributed by atoms with Crippen LogP contribution in [0.4, 0.5) is 0 Å². The highest BCUT2D eigenvalue weighted by Gasteiger charge is 2.10. The highest BCUT2D eigenvalue weighted by molar-refractivity contribution is 5.90. The minimum Gasteiger partial charge on any atom is -0.480 e. The number of carboxylic acids is 1. The topological polar surface area (TPSA) is 151 Å². The molecule has 0 rings (SSSR count). The predicted octanol–water partition coefficient (Wildman–Crippen LogP) is -3.23. The van der Waals surface area contributed by atoms with Gasteiger partial charge in [0, 0.05) is 0 Å². The molecule has 0 saturated carbocycles. The van der Waals surface area contributed by atoms with Crippen LogP contribution in [0.3, 0.4) is 0 Å². The van der Waals surface area contributed by atoms with Gasteiger partial charge >= 0.3 is 5.97 Å². The van der Waals surface area contributed by atoms with Crippen molar-refractivity contribution >= 4 is 23.7 Å². The number of nitrogens with two attached hydrogens (primary N) is 1. The van der Waals surface area contributed by atoms with Crippen molar-refractivity contribution in [2.24, 2.45) is 5.73 Å². The summed E-state index contributed by atoms with van der Waals surface area (Å²) in [5.41, 5.74) is 5.25. The summed E-state index contributed by atoms with van der Waals surface area (Å²) < 4.78 is 0. The van der Waals surface area contributed by atoms with E-state index in [4.69, 9.17) is 10.8 Å². The van der Waals surface area contributed by atoms with E-state index in [-0.39, 0.29) is 13.1 Å². The van der Waals surface area contributed by atoms with Crippen LogP contribution in [0.1, 0.15) is 6.92 Å². The molecule has 1 atom stereocenters. The summed E-state index contributed by atoms with van der Waals surface area (Å²) in [6.45, 7) is 0.287. The second kappa shape index (κ2) is 8.01. The molecule has 0 aliphatic rings. The number of amides is 3. The second-order valence-electron chi connectivity index (χ2n) is 3.45. The third-order valence-electron chi connectivity index (χ3n) is 1.72. The number of nitrogens with one attached hydrogen (secondary N) is 3. The molecule has 0 bridgehead atoms. The van der Waals surface area contributed by atoms with Gasteiger partial charge in [-0.1, -0.05) is 0 Å². The van der Waals surface area contributed by atoms with Gasteiger partial charge < -0.3 is 26.8 Å². The average molecular weight is 260 g/mol. The third kappa shape index (κ3) is 8.05. The largest absolute Gasteiger partial charge is 0.480 e. The summed E-state index contributed by atoms with van der Waals surface area (Å²) in [6.07, 6.45) is 0. The Labute approximate surface area is 103 Å². The van der Waals surface area contributed by atoms with Crippen LogP contribution in [0.2, 0.25) is 0 Å². The maximum Gasteiger partial charge on any atom is 0.322 e. The fourth-order valence-corrected chi connectivity index (χ4v) is 0.806. The van der Waals surface area contributed by atoms with E-state index in [0.717, 1.165) is 0 Å². The number of aliphatic carboxylic acids is 1. The maximum absolute atomic E-state index is 11.1. The molecule has 0 aliphatic heterocycles. The first-order valence-electron chi connectivity index (χ1n) is 5.11. The van der Waals surface area contributed by atoms with Gasteiger partial charge in [0.1, 0.15) is 6.54 Å². The highest BCUT2D eigenvalue weighted by atomic mass is 16.4. The summed E-state index contributed by atoms with van der Waals surface area (Å²) in [7, 11) is 0. The van der Waals surface area contributed by atoms with Crippen molar-refractivity contribution in [3.05, 3.63) is 0 Å². The van der Waals surface area contributed by atoms with E-state index in [1.807, 2.05) is 0 Å². The molecule has 0 radical (unpaired) electrons. The van der Waals surface area contributed by atoms with Crippen LogP contribution >= 0.6 is 0 Å². The summed E-state index contributed by atoms with van der Waals surface area (Å²) in [4.78, 5) is 43.3. The number of carbonyl (C=O) groups excluding carboxylic acids is 3. The third-order valence-corrected chi connectivity index (χ3v) is 1.72. The predicted molar refractivity (Wildman–Crippen MR) is 60.3 cm³/mol. The lowest BCUT2D eigenvalue weighted by molar-refractivity contribution is -0.137. The lowest BCUT2D eigenvalue weighted by Gasteiger charge is -2.08. The van der Waals surface area contributed by atoms with E-state index < -0.39 is 36.3 Å². The Bertz CT molecular complexity index is 342. The van der Waals surface area contributed by atoms with Crippen molar-refractivity contribution < 1.29 is 24.3 Å². The van der Waals surface area contributed by atoms with Gasteiger partial charge in [0.05, 0.1) is 19.1 Å². The van der Waals surface area contributed by atoms with Crippen LogP contribution in [0.15, 0.2) is 0 Å². The smallest absolute Gasteiger partial charge is 0.322 e. The first kappa shape index (κ1) is 15.8. The lowest BCUT2D eigenvalue weighted by atomic mass is 10.3. The molecule has 0 fully saturated rings. The molecular weight excluding hydrogens is 244 g/mol. The molecule has 0 saturated heterocycles. The van der Waals surface area contributed by atoms with E-state index in [2.05, 4.69) is 16.0 Å². The van der Waals surface area contributed by atoms with E-state index in [9.17, 15) is 19.2 Å². The highest BCUT2D eigenvalue weighted by Crippen LogP contribution is 1.74. The Kier molecular flexibility index (Phi) is 7.05. The van der Waals surface area contributed by atoms with Crippen LogP contribution in [-0.2, 0) is 19.2 Å². The molecule has 0 aromatic rings. The Balaban J connectivity index is 3.73. The average Bonchev–Trinajstić information content (AvgIpc) is 2.30.